The summed E-state index contributed by atoms with van der Waals surface area (Å²) in [5.74, 6) is 6.78. The molecule has 2 aliphatic rings. The van der Waals surface area contributed by atoms with E-state index in [0.717, 1.165) is 42.7 Å². The Hall–Kier alpha value is -2.34. The van der Waals surface area contributed by atoms with Crippen LogP contribution < -0.4 is 16.4 Å². The predicted molar refractivity (Wildman–Crippen MR) is 278 cm³/mol. The number of primary amides is 1. The molecule has 2 saturated heterocycles. The molecule has 0 bridgehead atoms. The molecule has 0 radical (unpaired) electrons. The number of imidazole rings is 1. The Balaban J connectivity index is 0.000000787. The summed E-state index contributed by atoms with van der Waals surface area (Å²) in [6, 6.07) is 9.11. The van der Waals surface area contributed by atoms with E-state index in [1.165, 1.54) is 89.7 Å². The normalized spacial score (nSPS) is 16.1. The zero-order valence-electron chi connectivity index (χ0n) is 37.1. The summed E-state index contributed by atoms with van der Waals surface area (Å²) in [6.07, 6.45) is 14.4. The molecule has 15 nitrogen and oxygen atoms in total. The minimum Gasteiger partial charge on any atom is -0.465 e. The minimum absolute atomic E-state index is 0.0276. The van der Waals surface area contributed by atoms with Crippen molar-refractivity contribution in [2.24, 2.45) is 11.7 Å². The number of anilines is 1. The van der Waals surface area contributed by atoms with E-state index in [1.54, 1.807) is 29.2 Å². The number of nitrogens with zero attached hydrogens (tertiary/aromatic N) is 4. The van der Waals surface area contributed by atoms with E-state index in [9.17, 15) is 24.0 Å². The van der Waals surface area contributed by atoms with Crippen molar-refractivity contribution >= 4 is 148 Å². The molecule has 4 unspecified atom stereocenters. The molecule has 0 aliphatic carbocycles. The number of carbonyl (C=O) groups excluding carboxylic acids is 4. The van der Waals surface area contributed by atoms with Crippen molar-refractivity contribution in [1.82, 2.24) is 23.9 Å². The van der Waals surface area contributed by atoms with Crippen LogP contribution in [0.15, 0.2) is 24.3 Å². The van der Waals surface area contributed by atoms with Crippen LogP contribution in [0.25, 0.3) is 11.0 Å². The van der Waals surface area contributed by atoms with Gasteiger partial charge in [-0.25, -0.2) is 14.6 Å². The molecule has 2 fully saturated rings. The first-order chi connectivity index (χ1) is 30.4. The van der Waals surface area contributed by atoms with E-state index in [-0.39, 0.29) is 16.5 Å². The average molecular weight is 1210 g/mol. The van der Waals surface area contributed by atoms with Crippen molar-refractivity contribution in [3.8, 4) is 17.9 Å². The second-order valence-corrected chi connectivity index (χ2v) is 22.9. The maximum absolute atomic E-state index is 11.6. The number of para-hydroxylation sites is 2. The number of carboxylic acid groups (broad SMARTS) is 1. The molecule has 1 aromatic heterocycles. The van der Waals surface area contributed by atoms with Gasteiger partial charge < -0.3 is 25.9 Å². The van der Waals surface area contributed by atoms with Gasteiger partial charge in [-0.1, -0.05) is 126 Å². The Bertz CT molecular complexity index is 1770. The SMILES string of the molecule is CC#CC(CNC(=O)O)C(C)I.CCCCCCCCN1SC(Cl)C(Cl)C1=O.CCCCCCCCN1SCCC1=O.COC(=O)Nc1nc2ccccc2[nH]1.N#CC(Br)(Br)C(N)=O. The highest BCUT2D eigenvalue weighted by Gasteiger charge is 2.38. The summed E-state index contributed by atoms with van der Waals surface area (Å²) in [6.45, 7) is 10.4. The highest BCUT2D eigenvalue weighted by molar-refractivity contribution is 14.1. The van der Waals surface area contributed by atoms with Gasteiger partial charge in [0.1, 0.15) is 16.2 Å². The van der Waals surface area contributed by atoms with Gasteiger partial charge in [0.05, 0.1) is 18.1 Å². The van der Waals surface area contributed by atoms with E-state index in [0.29, 0.717) is 22.3 Å². The largest absolute Gasteiger partial charge is 0.465 e. The lowest BCUT2D eigenvalue weighted by Crippen LogP contribution is -2.30. The lowest BCUT2D eigenvalue weighted by atomic mass is 10.1. The molecule has 360 valence electrons. The minimum atomic E-state index is -1.39. The first-order valence-corrected chi connectivity index (χ1v) is 26.5. The molecule has 2 aromatic rings. The number of H-pyrrole nitrogens is 1. The monoisotopic (exact) mass is 1210 g/mol. The number of rotatable bonds is 19. The molecule has 0 spiro atoms. The second-order valence-electron chi connectivity index (χ2n) is 14.0. The summed E-state index contributed by atoms with van der Waals surface area (Å²) < 4.78 is 6.76. The van der Waals surface area contributed by atoms with Gasteiger partial charge in [-0.3, -0.25) is 28.3 Å². The summed E-state index contributed by atoms with van der Waals surface area (Å²) in [7, 11) is 1.30. The average Bonchev–Trinajstić information content (AvgIpc) is 3.95. The van der Waals surface area contributed by atoms with Crippen LogP contribution in [-0.4, -0.2) is 103 Å². The van der Waals surface area contributed by atoms with Crippen molar-refractivity contribution < 1.29 is 33.8 Å². The number of hydrogen-bond acceptors (Lipinski definition) is 10. The van der Waals surface area contributed by atoms with Crippen LogP contribution in [0.3, 0.4) is 0 Å². The number of hydrogen-bond donors (Lipinski definition) is 5. The van der Waals surface area contributed by atoms with Gasteiger partial charge >= 0.3 is 12.2 Å². The predicted octanol–water partition coefficient (Wildman–Crippen LogP) is 11.2. The number of methoxy groups -OCH3 is 1. The van der Waals surface area contributed by atoms with Crippen LogP contribution in [0.5, 0.6) is 0 Å². The number of carbonyl (C=O) groups is 5. The summed E-state index contributed by atoms with van der Waals surface area (Å²) >= 11 is 22.5. The van der Waals surface area contributed by atoms with Crippen molar-refractivity contribution in [2.75, 3.05) is 37.8 Å². The molecule has 1 aromatic carbocycles. The summed E-state index contributed by atoms with van der Waals surface area (Å²) in [4.78, 5) is 61.1. The maximum Gasteiger partial charge on any atom is 0.413 e. The van der Waals surface area contributed by atoms with Crippen molar-refractivity contribution in [1.29, 1.82) is 5.26 Å². The van der Waals surface area contributed by atoms with Crippen LogP contribution >= 0.6 is 102 Å². The van der Waals surface area contributed by atoms with Crippen LogP contribution in [-0.2, 0) is 19.1 Å². The van der Waals surface area contributed by atoms with Gasteiger partial charge in [0.15, 0.2) is 0 Å². The lowest BCUT2D eigenvalue weighted by Gasteiger charge is -2.13. The Kier molecular flexibility index (Phi) is 35.4. The molecule has 22 heteroatoms. The molecule has 0 saturated carbocycles. The Morgan fingerprint density at radius 2 is 1.61 bits per heavy atom. The number of halogens is 5. The van der Waals surface area contributed by atoms with E-state index in [1.807, 2.05) is 35.5 Å². The molecule has 64 heavy (non-hydrogen) atoms. The number of fused-ring (bicyclic) bond motifs is 1. The topological polar surface area (TPSA) is 224 Å². The third-order valence-electron chi connectivity index (χ3n) is 8.81. The molecule has 4 atom stereocenters. The Labute approximate surface area is 428 Å². The number of ether oxygens (including phenoxy) is 1. The zero-order valence-corrected chi connectivity index (χ0v) is 45.6. The molecule has 5 amide bonds. The lowest BCUT2D eigenvalue weighted by molar-refractivity contribution is -0.125. The highest BCUT2D eigenvalue weighted by Crippen LogP contribution is 2.36. The number of amides is 5. The fourth-order valence-corrected chi connectivity index (χ4v) is 8.31. The van der Waals surface area contributed by atoms with E-state index in [2.05, 4.69) is 105 Å². The first-order valence-electron chi connectivity index (χ1n) is 21.0. The van der Waals surface area contributed by atoms with Gasteiger partial charge in [0, 0.05) is 41.7 Å². The number of unbranched alkanes of at least 4 members (excludes halogenated alkanes) is 10. The molecule has 3 heterocycles. The van der Waals surface area contributed by atoms with Gasteiger partial charge in [-0.15, -0.1) is 29.1 Å². The zero-order chi connectivity index (χ0) is 48.5. The molecule has 6 N–H and O–H groups in total. The smallest absolute Gasteiger partial charge is 0.413 e. The highest BCUT2D eigenvalue weighted by atomic mass is 127. The summed E-state index contributed by atoms with van der Waals surface area (Å²) in [5.41, 5.74) is 6.40. The standard InChI is InChI=1S/C11H19Cl2NOS.C11H21NOS.C9H9N3O2.C8H12INO2.C3H2Br2N2O/c1-2-3-4-5-6-7-8-14-11(15)9(12)10(13)16-14;1-2-3-4-5-6-7-9-12-11(13)8-10-14-12;1-14-9(13)12-8-10-6-4-2-3-5-7(6)11-8;1-3-4-7(6(2)9)5-10-8(11)12;4-3(5,1-6)2(7)8/h9-10H,2-8H2,1H3;2-10H2,1H3;2-5H,1H3,(H2,10,11,12,13);6-7,10H,5H2,1-2H3,(H,11,12);(H2,7,8). The number of nitriles is 1. The summed E-state index contributed by atoms with van der Waals surface area (Å²) in [5, 5.41) is 20.7. The van der Waals surface area contributed by atoms with Crippen LogP contribution in [0.1, 0.15) is 111 Å². The van der Waals surface area contributed by atoms with Crippen LogP contribution in [0.4, 0.5) is 15.5 Å². The Morgan fingerprint density at radius 1 is 1.05 bits per heavy atom. The van der Waals surface area contributed by atoms with Gasteiger partial charge in [-0.2, -0.15) is 5.26 Å². The van der Waals surface area contributed by atoms with Gasteiger partial charge in [0.2, 0.25) is 15.1 Å². The van der Waals surface area contributed by atoms with E-state index < -0.39 is 26.7 Å². The maximum atomic E-state index is 11.6. The van der Waals surface area contributed by atoms with Crippen molar-refractivity contribution in [3.63, 3.8) is 0 Å². The Morgan fingerprint density at radius 3 is 2.03 bits per heavy atom. The molecule has 2 aliphatic heterocycles. The van der Waals surface area contributed by atoms with E-state index in [4.69, 9.17) is 39.3 Å². The third kappa shape index (κ3) is 28.0. The quantitative estimate of drug-likeness (QED) is 0.0292. The van der Waals surface area contributed by atoms with E-state index >= 15 is 0 Å². The molecule has 4 rings (SSSR count). The van der Waals surface area contributed by atoms with Crippen molar-refractivity contribution in [3.05, 3.63) is 24.3 Å². The van der Waals surface area contributed by atoms with Crippen LogP contribution in [0.2, 0.25) is 0 Å². The fraction of sp³-hybridized carbons (Fsp3) is 0.643. The number of aromatic amines is 1. The van der Waals surface area contributed by atoms with Gasteiger partial charge in [0.25, 0.3) is 11.8 Å². The number of nitrogens with one attached hydrogen (secondary N) is 3. The number of nitrogens with two attached hydrogens (primary N) is 1. The number of alkyl halides is 5. The molecular formula is C42H63Br2Cl2IN8O7S2. The molecular weight excluding hydrogens is 1150 g/mol. The number of aromatic nitrogens is 2. The first kappa shape index (κ1) is 61.7. The van der Waals surface area contributed by atoms with Crippen LogP contribution in [0, 0.1) is 29.1 Å². The third-order valence-corrected chi connectivity index (χ3v) is 14.2. The fourth-order valence-electron chi connectivity index (χ4n) is 5.27. The number of benzene rings is 1. The van der Waals surface area contributed by atoms with Gasteiger partial charge in [-0.05, 0) is 87.7 Å². The van der Waals surface area contributed by atoms with Crippen molar-refractivity contribution in [2.45, 2.75) is 128 Å². The second kappa shape index (κ2) is 36.7.